The van der Waals surface area contributed by atoms with Gasteiger partial charge in [0.15, 0.2) is 16.3 Å². The van der Waals surface area contributed by atoms with Crippen LogP contribution < -0.4 is 24.4 Å². The van der Waals surface area contributed by atoms with Crippen molar-refractivity contribution < 1.29 is 28.3 Å². The lowest BCUT2D eigenvalue weighted by Crippen LogP contribution is -2.39. The summed E-state index contributed by atoms with van der Waals surface area (Å²) in [5.74, 6) is 1.22. The molecule has 1 aliphatic heterocycles. The third-order valence-electron chi connectivity index (χ3n) is 6.57. The second-order valence-electron chi connectivity index (χ2n) is 9.04. The summed E-state index contributed by atoms with van der Waals surface area (Å²) in [5.41, 5.74) is 1.48. The van der Waals surface area contributed by atoms with Gasteiger partial charge < -0.3 is 18.6 Å². The Bertz CT molecular complexity index is 1940. The number of halogens is 1. The van der Waals surface area contributed by atoms with Crippen molar-refractivity contribution in [3.8, 4) is 22.8 Å². The maximum absolute atomic E-state index is 13.9. The highest BCUT2D eigenvalue weighted by molar-refractivity contribution is 9.10. The average molecular weight is 654 g/mol. The van der Waals surface area contributed by atoms with Crippen molar-refractivity contribution in [3.63, 3.8) is 0 Å². The summed E-state index contributed by atoms with van der Waals surface area (Å²) in [6, 6.07) is 12.1. The molecule has 13 heteroatoms. The minimum Gasteiger partial charge on any atom is -0.493 e. The number of ether oxygens (including phenoxy) is 3. The molecule has 2 aromatic carbocycles. The number of nitro benzene ring substituents is 1. The van der Waals surface area contributed by atoms with Crippen LogP contribution in [0.4, 0.5) is 5.69 Å². The maximum atomic E-state index is 13.9. The summed E-state index contributed by atoms with van der Waals surface area (Å²) in [7, 11) is 3.03. The van der Waals surface area contributed by atoms with Gasteiger partial charge in [0, 0.05) is 28.2 Å². The SMILES string of the molecule is CCOC(=O)C1=C(C)N=c2s/c(=C/c3ccc(-c4ccc([N+](=O)[O-])cc4Br)o3)c(=O)n2C1c1ccc(OC)c(OC)c1. The Hall–Kier alpha value is -4.49. The zero-order chi connectivity index (χ0) is 30.1. The van der Waals surface area contributed by atoms with Crippen molar-refractivity contribution in [2.24, 2.45) is 4.99 Å². The highest BCUT2D eigenvalue weighted by atomic mass is 79.9. The highest BCUT2D eigenvalue weighted by Crippen LogP contribution is 2.36. The van der Waals surface area contributed by atoms with Crippen LogP contribution in [0.2, 0.25) is 0 Å². The summed E-state index contributed by atoms with van der Waals surface area (Å²) >= 11 is 4.52. The van der Waals surface area contributed by atoms with Crippen LogP contribution in [0.25, 0.3) is 17.4 Å². The highest BCUT2D eigenvalue weighted by Gasteiger charge is 2.34. The molecule has 5 rings (SSSR count). The van der Waals surface area contributed by atoms with Gasteiger partial charge in [-0.2, -0.15) is 0 Å². The number of hydrogen-bond acceptors (Lipinski definition) is 10. The number of benzene rings is 2. The Morgan fingerprint density at radius 2 is 1.93 bits per heavy atom. The Morgan fingerprint density at radius 3 is 2.60 bits per heavy atom. The van der Waals surface area contributed by atoms with Gasteiger partial charge in [-0.05, 0) is 65.7 Å². The molecular weight excluding hydrogens is 630 g/mol. The molecule has 0 bridgehead atoms. The second kappa shape index (κ2) is 11.8. The molecule has 0 spiro atoms. The zero-order valence-electron chi connectivity index (χ0n) is 22.9. The average Bonchev–Trinajstić information content (AvgIpc) is 3.55. The number of methoxy groups -OCH3 is 2. The van der Waals surface area contributed by atoms with E-state index in [0.29, 0.717) is 53.6 Å². The van der Waals surface area contributed by atoms with Crippen molar-refractivity contribution >= 4 is 45.0 Å². The number of carbonyl (C=O) groups excluding carboxylic acids is 1. The van der Waals surface area contributed by atoms with Gasteiger partial charge in [0.25, 0.3) is 11.2 Å². The molecule has 0 fully saturated rings. The van der Waals surface area contributed by atoms with E-state index in [2.05, 4.69) is 20.9 Å². The summed E-state index contributed by atoms with van der Waals surface area (Å²) in [6.07, 6.45) is 1.60. The molecule has 3 heterocycles. The van der Waals surface area contributed by atoms with Gasteiger partial charge >= 0.3 is 5.97 Å². The number of thiazole rings is 1. The minimum atomic E-state index is -0.828. The van der Waals surface area contributed by atoms with E-state index >= 15 is 0 Å². The van der Waals surface area contributed by atoms with Crippen molar-refractivity contribution in [1.82, 2.24) is 4.57 Å². The molecule has 0 N–H and O–H groups in total. The van der Waals surface area contributed by atoms with Gasteiger partial charge in [0.1, 0.15) is 11.5 Å². The molecule has 1 aliphatic rings. The molecule has 0 saturated carbocycles. The number of non-ortho nitro benzene ring substituents is 1. The predicted molar refractivity (Wildman–Crippen MR) is 158 cm³/mol. The topological polar surface area (TPSA) is 135 Å². The number of nitro groups is 1. The molecular formula is C29H24BrN3O8S. The first kappa shape index (κ1) is 29.0. The second-order valence-corrected chi connectivity index (χ2v) is 10.9. The molecule has 11 nitrogen and oxygen atoms in total. The Kier molecular flexibility index (Phi) is 8.14. The smallest absolute Gasteiger partial charge is 0.338 e. The monoisotopic (exact) mass is 653 g/mol. The van der Waals surface area contributed by atoms with Crippen molar-refractivity contribution in [3.05, 3.63) is 105 Å². The van der Waals surface area contributed by atoms with Crippen LogP contribution in [-0.4, -0.2) is 36.3 Å². The van der Waals surface area contributed by atoms with Gasteiger partial charge in [-0.25, -0.2) is 9.79 Å². The van der Waals surface area contributed by atoms with Crippen LogP contribution in [0.1, 0.15) is 31.2 Å². The first-order valence-corrected chi connectivity index (χ1v) is 14.2. The quantitative estimate of drug-likeness (QED) is 0.151. The lowest BCUT2D eigenvalue weighted by Gasteiger charge is -2.25. The summed E-state index contributed by atoms with van der Waals surface area (Å²) < 4.78 is 24.5. The van der Waals surface area contributed by atoms with Crippen molar-refractivity contribution in [2.75, 3.05) is 20.8 Å². The van der Waals surface area contributed by atoms with Crippen LogP contribution in [-0.2, 0) is 9.53 Å². The number of furan rings is 1. The standard InChI is InChI=1S/C29H24BrN3O8S/c1-5-40-28(35)25-15(2)31-29-32(26(25)16-6-10-22(38-3)23(12-16)39-4)27(34)24(42-29)14-18-8-11-21(41-18)19-9-7-17(33(36)37)13-20(19)30/h6-14,26H,5H2,1-4H3/b24-14+. The van der Waals surface area contributed by atoms with E-state index in [9.17, 15) is 19.7 Å². The molecule has 0 radical (unpaired) electrons. The van der Waals surface area contributed by atoms with Crippen LogP contribution in [0, 0.1) is 10.1 Å². The number of carbonyl (C=O) groups is 1. The third-order valence-corrected chi connectivity index (χ3v) is 8.21. The van der Waals surface area contributed by atoms with E-state index in [-0.39, 0.29) is 23.4 Å². The van der Waals surface area contributed by atoms with Crippen LogP contribution in [0.5, 0.6) is 11.5 Å². The molecule has 1 atom stereocenters. The van der Waals surface area contributed by atoms with Gasteiger partial charge in [0.2, 0.25) is 0 Å². The summed E-state index contributed by atoms with van der Waals surface area (Å²) in [5, 5.41) is 11.1. The van der Waals surface area contributed by atoms with Crippen LogP contribution in [0.15, 0.2) is 78.5 Å². The lowest BCUT2D eigenvalue weighted by atomic mass is 9.95. The van der Waals surface area contributed by atoms with Gasteiger partial charge in [-0.3, -0.25) is 19.5 Å². The molecule has 42 heavy (non-hydrogen) atoms. The fourth-order valence-electron chi connectivity index (χ4n) is 4.65. The van der Waals surface area contributed by atoms with E-state index in [1.165, 1.54) is 30.9 Å². The minimum absolute atomic E-state index is 0.0555. The Morgan fingerprint density at radius 1 is 1.17 bits per heavy atom. The number of nitrogens with zero attached hydrogens (tertiary/aromatic N) is 3. The Balaban J connectivity index is 1.63. The molecule has 0 amide bonds. The first-order valence-electron chi connectivity index (χ1n) is 12.6. The molecule has 0 saturated heterocycles. The number of hydrogen-bond donors (Lipinski definition) is 0. The van der Waals surface area contributed by atoms with Crippen LogP contribution >= 0.6 is 27.3 Å². The fourth-order valence-corrected chi connectivity index (χ4v) is 6.24. The van der Waals surface area contributed by atoms with E-state index in [4.69, 9.17) is 18.6 Å². The number of esters is 1. The fraction of sp³-hybridized carbons (Fsp3) is 0.207. The number of allylic oxidation sites excluding steroid dienone is 1. The molecule has 4 aromatic rings. The van der Waals surface area contributed by atoms with Crippen molar-refractivity contribution in [1.29, 1.82) is 0 Å². The van der Waals surface area contributed by atoms with Crippen LogP contribution in [0.3, 0.4) is 0 Å². The maximum Gasteiger partial charge on any atom is 0.338 e. The number of rotatable bonds is 8. The van der Waals surface area contributed by atoms with E-state index in [0.717, 1.165) is 11.3 Å². The summed E-state index contributed by atoms with van der Waals surface area (Å²) in [6.45, 7) is 3.57. The summed E-state index contributed by atoms with van der Waals surface area (Å²) in [4.78, 5) is 42.6. The van der Waals surface area contributed by atoms with Gasteiger partial charge in [0.05, 0.1) is 47.6 Å². The molecule has 2 aromatic heterocycles. The number of fused-ring (bicyclic) bond motifs is 1. The largest absolute Gasteiger partial charge is 0.493 e. The lowest BCUT2D eigenvalue weighted by molar-refractivity contribution is -0.384. The van der Waals surface area contributed by atoms with E-state index < -0.39 is 16.9 Å². The van der Waals surface area contributed by atoms with Gasteiger partial charge in [-0.1, -0.05) is 17.4 Å². The Labute approximate surface area is 251 Å². The molecule has 1 unspecified atom stereocenters. The van der Waals surface area contributed by atoms with Crippen molar-refractivity contribution in [2.45, 2.75) is 19.9 Å². The molecule has 0 aliphatic carbocycles. The molecule has 216 valence electrons. The first-order chi connectivity index (χ1) is 20.2. The zero-order valence-corrected chi connectivity index (χ0v) is 25.3. The normalized spacial score (nSPS) is 14.8. The van der Waals surface area contributed by atoms with Gasteiger partial charge in [-0.15, -0.1) is 0 Å². The van der Waals surface area contributed by atoms with E-state index in [1.54, 1.807) is 56.3 Å². The predicted octanol–water partition coefficient (Wildman–Crippen LogP) is 4.75. The van der Waals surface area contributed by atoms with E-state index in [1.807, 2.05) is 0 Å². The third kappa shape index (κ3) is 5.28. The number of aromatic nitrogens is 1.